The molecule has 2 N–H and O–H groups in total. The Labute approximate surface area is 159 Å². The highest BCUT2D eigenvalue weighted by Crippen LogP contribution is 2.40. The van der Waals surface area contributed by atoms with Crippen molar-refractivity contribution in [2.24, 2.45) is 11.3 Å². The first-order valence-corrected chi connectivity index (χ1v) is 9.35. The molecule has 3 amide bonds. The molecule has 0 aromatic heterocycles. The number of likely N-dealkylation sites (tertiary alicyclic amines) is 1. The first kappa shape index (κ1) is 19.2. The second-order valence-corrected chi connectivity index (χ2v) is 7.70. The van der Waals surface area contributed by atoms with Crippen molar-refractivity contribution in [2.45, 2.75) is 39.3 Å². The Kier molecular flexibility index (Phi) is 5.39. The number of benzene rings is 1. The van der Waals surface area contributed by atoms with Gasteiger partial charge in [0.05, 0.1) is 12.5 Å². The second kappa shape index (κ2) is 7.58. The predicted octanol–water partition coefficient (Wildman–Crippen LogP) is 1.07. The zero-order valence-electron chi connectivity index (χ0n) is 16.1. The molecule has 2 atom stereocenters. The van der Waals surface area contributed by atoms with Gasteiger partial charge in [-0.2, -0.15) is 0 Å². The van der Waals surface area contributed by atoms with Crippen LogP contribution in [-0.2, 0) is 20.9 Å². The van der Waals surface area contributed by atoms with E-state index < -0.39 is 11.5 Å². The third-order valence-electron chi connectivity index (χ3n) is 5.50. The van der Waals surface area contributed by atoms with Gasteiger partial charge in [0, 0.05) is 31.1 Å². The summed E-state index contributed by atoms with van der Waals surface area (Å²) < 4.78 is 5.29. The minimum Gasteiger partial charge on any atom is -0.496 e. The molecule has 0 saturated carbocycles. The number of amides is 3. The maximum Gasteiger partial charge on any atom is 0.242 e. The van der Waals surface area contributed by atoms with E-state index in [2.05, 4.69) is 10.6 Å². The molecule has 0 radical (unpaired) electrons. The standard InChI is InChI=1S/C20H27N3O4/c1-13(2)18(25)23-9-8-20(12-23)10-15(22-19(20)26)17(24)21-11-14-6-4-5-7-16(14)27-3/h4-7,13,15H,8-12H2,1-3H3,(H,21,24)(H,22,26)/t15-,20-/m0/s1. The molecular formula is C20H27N3O4. The van der Waals surface area contributed by atoms with Gasteiger partial charge in [-0.3, -0.25) is 14.4 Å². The second-order valence-electron chi connectivity index (χ2n) is 7.70. The average molecular weight is 373 g/mol. The van der Waals surface area contributed by atoms with Crippen LogP contribution in [0.15, 0.2) is 24.3 Å². The van der Waals surface area contributed by atoms with Gasteiger partial charge in [0.15, 0.2) is 0 Å². The fourth-order valence-corrected chi connectivity index (χ4v) is 3.94. The normalized spacial score (nSPS) is 24.4. The van der Waals surface area contributed by atoms with E-state index >= 15 is 0 Å². The largest absolute Gasteiger partial charge is 0.496 e. The molecule has 27 heavy (non-hydrogen) atoms. The zero-order valence-corrected chi connectivity index (χ0v) is 16.1. The molecule has 2 aliphatic heterocycles. The van der Waals surface area contributed by atoms with Crippen LogP contribution in [0.5, 0.6) is 5.75 Å². The van der Waals surface area contributed by atoms with Gasteiger partial charge >= 0.3 is 0 Å². The molecular weight excluding hydrogens is 346 g/mol. The minimum absolute atomic E-state index is 0.0590. The number of nitrogens with one attached hydrogen (secondary N) is 2. The van der Waals surface area contributed by atoms with E-state index in [0.717, 1.165) is 5.56 Å². The van der Waals surface area contributed by atoms with Crippen LogP contribution in [0.4, 0.5) is 0 Å². The van der Waals surface area contributed by atoms with Gasteiger partial charge in [-0.05, 0) is 18.9 Å². The Balaban J connectivity index is 1.60. The Morgan fingerprint density at radius 3 is 2.81 bits per heavy atom. The molecule has 2 saturated heterocycles. The monoisotopic (exact) mass is 373 g/mol. The van der Waals surface area contributed by atoms with Gasteiger partial charge in [-0.25, -0.2) is 0 Å². The van der Waals surface area contributed by atoms with Crippen LogP contribution in [0.3, 0.4) is 0 Å². The van der Waals surface area contributed by atoms with Gasteiger partial charge in [-0.1, -0.05) is 32.0 Å². The third kappa shape index (κ3) is 3.77. The van der Waals surface area contributed by atoms with E-state index in [1.807, 2.05) is 38.1 Å². The van der Waals surface area contributed by atoms with E-state index in [1.165, 1.54) is 0 Å². The summed E-state index contributed by atoms with van der Waals surface area (Å²) in [5.41, 5.74) is 0.235. The molecule has 0 unspecified atom stereocenters. The van der Waals surface area contributed by atoms with Crippen molar-refractivity contribution in [3.8, 4) is 5.75 Å². The quantitative estimate of drug-likeness (QED) is 0.808. The summed E-state index contributed by atoms with van der Waals surface area (Å²) in [5, 5.41) is 5.70. The van der Waals surface area contributed by atoms with Gasteiger partial charge in [-0.15, -0.1) is 0 Å². The molecule has 7 nitrogen and oxygen atoms in total. The summed E-state index contributed by atoms with van der Waals surface area (Å²) in [6, 6.07) is 6.92. The van der Waals surface area contributed by atoms with Crippen molar-refractivity contribution >= 4 is 17.7 Å². The van der Waals surface area contributed by atoms with Crippen molar-refractivity contribution in [1.29, 1.82) is 0 Å². The Morgan fingerprint density at radius 2 is 2.11 bits per heavy atom. The van der Waals surface area contributed by atoms with Crippen LogP contribution < -0.4 is 15.4 Å². The molecule has 0 aliphatic carbocycles. The predicted molar refractivity (Wildman–Crippen MR) is 99.9 cm³/mol. The van der Waals surface area contributed by atoms with E-state index in [0.29, 0.717) is 38.2 Å². The lowest BCUT2D eigenvalue weighted by Gasteiger charge is -2.22. The SMILES string of the molecule is COc1ccccc1CNC(=O)[C@@H]1C[C@]2(CCN(C(=O)C(C)C)C2)C(=O)N1. The molecule has 1 aromatic rings. The third-order valence-corrected chi connectivity index (χ3v) is 5.50. The average Bonchev–Trinajstić information content (AvgIpc) is 3.23. The van der Waals surface area contributed by atoms with E-state index in [4.69, 9.17) is 4.74 Å². The molecule has 146 valence electrons. The Morgan fingerprint density at radius 1 is 1.37 bits per heavy atom. The van der Waals surface area contributed by atoms with E-state index in [1.54, 1.807) is 12.0 Å². The van der Waals surface area contributed by atoms with Crippen molar-refractivity contribution in [3.63, 3.8) is 0 Å². The van der Waals surface area contributed by atoms with Crippen molar-refractivity contribution < 1.29 is 19.1 Å². The van der Waals surface area contributed by atoms with Gasteiger partial charge in [0.25, 0.3) is 0 Å². The number of carbonyl (C=O) groups is 3. The lowest BCUT2D eigenvalue weighted by Crippen LogP contribution is -2.41. The molecule has 7 heteroatoms. The fourth-order valence-electron chi connectivity index (χ4n) is 3.94. The maximum atomic E-state index is 12.6. The van der Waals surface area contributed by atoms with Crippen molar-refractivity contribution in [2.75, 3.05) is 20.2 Å². The highest BCUT2D eigenvalue weighted by molar-refractivity contribution is 5.95. The number of ether oxygens (including phenoxy) is 1. The smallest absolute Gasteiger partial charge is 0.242 e. The zero-order chi connectivity index (χ0) is 19.6. The lowest BCUT2D eigenvalue weighted by molar-refractivity contribution is -0.134. The van der Waals surface area contributed by atoms with Gasteiger partial charge in [0.2, 0.25) is 17.7 Å². The van der Waals surface area contributed by atoms with Gasteiger partial charge < -0.3 is 20.3 Å². The maximum absolute atomic E-state index is 12.6. The van der Waals surface area contributed by atoms with Crippen LogP contribution in [0.2, 0.25) is 0 Å². The molecule has 1 aromatic carbocycles. The summed E-state index contributed by atoms with van der Waals surface area (Å²) >= 11 is 0. The van der Waals surface area contributed by atoms with Crippen LogP contribution in [-0.4, -0.2) is 48.9 Å². The summed E-state index contributed by atoms with van der Waals surface area (Å²) in [4.78, 5) is 39.1. The molecule has 3 rings (SSSR count). The summed E-state index contributed by atoms with van der Waals surface area (Å²) in [5.74, 6) is 0.343. The number of carbonyl (C=O) groups excluding carboxylic acids is 3. The molecule has 2 aliphatic rings. The van der Waals surface area contributed by atoms with E-state index in [9.17, 15) is 14.4 Å². The summed E-state index contributed by atoms with van der Waals surface area (Å²) in [6.45, 7) is 5.01. The summed E-state index contributed by atoms with van der Waals surface area (Å²) in [6.07, 6.45) is 1.03. The van der Waals surface area contributed by atoms with Crippen molar-refractivity contribution in [1.82, 2.24) is 15.5 Å². The number of rotatable bonds is 5. The molecule has 2 fully saturated rings. The first-order chi connectivity index (χ1) is 12.9. The van der Waals surface area contributed by atoms with Crippen molar-refractivity contribution in [3.05, 3.63) is 29.8 Å². The molecule has 1 spiro atoms. The van der Waals surface area contributed by atoms with Crippen LogP contribution in [0.1, 0.15) is 32.3 Å². The first-order valence-electron chi connectivity index (χ1n) is 9.35. The number of hydrogen-bond donors (Lipinski definition) is 2. The van der Waals surface area contributed by atoms with Crippen LogP contribution in [0, 0.1) is 11.3 Å². The number of hydrogen-bond acceptors (Lipinski definition) is 4. The van der Waals surface area contributed by atoms with Gasteiger partial charge in [0.1, 0.15) is 11.8 Å². The number of nitrogens with zero attached hydrogens (tertiary/aromatic N) is 1. The Hall–Kier alpha value is -2.57. The lowest BCUT2D eigenvalue weighted by atomic mass is 9.84. The molecule has 2 heterocycles. The topological polar surface area (TPSA) is 87.7 Å². The highest BCUT2D eigenvalue weighted by Gasteiger charge is 2.53. The fraction of sp³-hybridized carbons (Fsp3) is 0.550. The Bertz CT molecular complexity index is 748. The van der Waals surface area contributed by atoms with Crippen LogP contribution >= 0.6 is 0 Å². The highest BCUT2D eigenvalue weighted by atomic mass is 16.5. The number of methoxy groups -OCH3 is 1. The number of para-hydroxylation sites is 1. The van der Waals surface area contributed by atoms with E-state index in [-0.39, 0.29) is 23.6 Å². The molecule has 0 bridgehead atoms. The summed E-state index contributed by atoms with van der Waals surface area (Å²) in [7, 11) is 1.59. The minimum atomic E-state index is -0.642. The van der Waals surface area contributed by atoms with Crippen LogP contribution in [0.25, 0.3) is 0 Å².